The molecule has 1 N–H and O–H groups in total. The number of hydrogen-bond acceptors (Lipinski definition) is 3. The number of aromatic nitrogens is 2. The number of furan rings is 1. The minimum atomic E-state index is -0.376. The first-order valence-corrected chi connectivity index (χ1v) is 8.28. The third-order valence-corrected chi connectivity index (χ3v) is 4.42. The Morgan fingerprint density at radius 1 is 1.32 bits per heavy atom. The highest BCUT2D eigenvalue weighted by molar-refractivity contribution is 5.92. The van der Waals surface area contributed by atoms with Gasteiger partial charge in [0.05, 0.1) is 11.3 Å². The molecule has 25 heavy (non-hydrogen) atoms. The number of benzene rings is 1. The monoisotopic (exact) mass is 339 g/mol. The maximum atomic E-state index is 13.8. The van der Waals surface area contributed by atoms with Crippen LogP contribution in [-0.2, 0) is 13.0 Å². The molecule has 1 aliphatic heterocycles. The fourth-order valence-electron chi connectivity index (χ4n) is 3.23. The fraction of sp³-hybridized carbons (Fsp3) is 0.263. The van der Waals surface area contributed by atoms with E-state index in [4.69, 9.17) is 4.42 Å². The van der Waals surface area contributed by atoms with Crippen molar-refractivity contribution in [2.24, 2.45) is 0 Å². The van der Waals surface area contributed by atoms with Crippen molar-refractivity contribution in [1.29, 1.82) is 0 Å². The zero-order valence-corrected chi connectivity index (χ0v) is 13.8. The number of aryl methyl sites for hydroxylation is 2. The molecule has 3 aromatic rings. The van der Waals surface area contributed by atoms with Gasteiger partial charge in [-0.05, 0) is 37.6 Å². The Hall–Kier alpha value is -2.89. The summed E-state index contributed by atoms with van der Waals surface area (Å²) in [7, 11) is 0. The first-order valence-electron chi connectivity index (χ1n) is 8.28. The van der Waals surface area contributed by atoms with Crippen LogP contribution < -0.4 is 5.32 Å². The maximum absolute atomic E-state index is 13.8. The molecule has 3 heterocycles. The predicted molar refractivity (Wildman–Crippen MR) is 90.6 cm³/mol. The predicted octanol–water partition coefficient (Wildman–Crippen LogP) is 3.34. The van der Waals surface area contributed by atoms with E-state index in [9.17, 15) is 9.18 Å². The zero-order chi connectivity index (χ0) is 17.4. The summed E-state index contributed by atoms with van der Waals surface area (Å²) in [5.41, 5.74) is 1.33. The van der Waals surface area contributed by atoms with Gasteiger partial charge in [-0.15, -0.1) is 0 Å². The third-order valence-electron chi connectivity index (χ3n) is 4.42. The molecule has 128 valence electrons. The van der Waals surface area contributed by atoms with Crippen molar-refractivity contribution in [1.82, 2.24) is 14.9 Å². The number of hydrogen-bond donors (Lipinski definition) is 1. The molecule has 1 amide bonds. The van der Waals surface area contributed by atoms with E-state index in [1.54, 1.807) is 30.3 Å². The van der Waals surface area contributed by atoms with Crippen LogP contribution >= 0.6 is 0 Å². The van der Waals surface area contributed by atoms with Gasteiger partial charge in [-0.2, -0.15) is 0 Å². The highest BCUT2D eigenvalue weighted by Gasteiger charge is 2.23. The molecule has 0 bridgehead atoms. The number of carbonyl (C=O) groups is 1. The highest BCUT2D eigenvalue weighted by Crippen LogP contribution is 2.25. The van der Waals surface area contributed by atoms with Gasteiger partial charge in [0.15, 0.2) is 5.76 Å². The second-order valence-corrected chi connectivity index (χ2v) is 6.30. The van der Waals surface area contributed by atoms with Crippen molar-refractivity contribution < 1.29 is 13.6 Å². The summed E-state index contributed by atoms with van der Waals surface area (Å²) in [6.07, 6.45) is 3.66. The lowest BCUT2D eigenvalue weighted by Gasteiger charge is -2.24. The zero-order valence-electron chi connectivity index (χ0n) is 13.8. The van der Waals surface area contributed by atoms with Crippen molar-refractivity contribution in [2.75, 3.05) is 0 Å². The summed E-state index contributed by atoms with van der Waals surface area (Å²) in [6, 6.07) is 9.55. The molecular weight excluding hydrogens is 321 g/mol. The average molecular weight is 339 g/mol. The summed E-state index contributed by atoms with van der Waals surface area (Å²) in [6.45, 7) is 2.66. The number of nitrogens with zero attached hydrogens (tertiary/aromatic N) is 2. The van der Waals surface area contributed by atoms with Crippen molar-refractivity contribution in [2.45, 2.75) is 32.4 Å². The van der Waals surface area contributed by atoms with Crippen LogP contribution in [0.15, 0.2) is 47.0 Å². The molecule has 2 aromatic heterocycles. The molecule has 5 nitrogen and oxygen atoms in total. The average Bonchev–Trinajstić information content (AvgIpc) is 3.20. The Bertz CT molecular complexity index is 928. The third kappa shape index (κ3) is 3.07. The van der Waals surface area contributed by atoms with Crippen LogP contribution in [0.3, 0.4) is 0 Å². The Morgan fingerprint density at radius 2 is 2.16 bits per heavy atom. The first-order chi connectivity index (χ1) is 12.1. The Balaban J connectivity index is 1.47. The van der Waals surface area contributed by atoms with Gasteiger partial charge in [0.25, 0.3) is 5.91 Å². The van der Waals surface area contributed by atoms with Crippen LogP contribution in [0.4, 0.5) is 4.39 Å². The minimum Gasteiger partial charge on any atom is -0.451 e. The Labute approximate surface area is 144 Å². The number of imidazole rings is 1. The number of amides is 1. The summed E-state index contributed by atoms with van der Waals surface area (Å²) in [5, 5.41) is 2.99. The molecular formula is C19H18FN3O2. The molecule has 0 radical (unpaired) electrons. The van der Waals surface area contributed by atoms with E-state index in [-0.39, 0.29) is 23.5 Å². The van der Waals surface area contributed by atoms with Gasteiger partial charge in [-0.1, -0.05) is 12.1 Å². The van der Waals surface area contributed by atoms with E-state index in [2.05, 4.69) is 14.9 Å². The van der Waals surface area contributed by atoms with Gasteiger partial charge in [0, 0.05) is 25.2 Å². The molecule has 0 spiro atoms. The second-order valence-electron chi connectivity index (χ2n) is 6.30. The lowest BCUT2D eigenvalue weighted by Crippen LogP contribution is -2.40. The normalized spacial score (nSPS) is 16.5. The standard InChI is InChI=1S/C19H18FN3O2/c1-12-10-23-11-13(6-9-18(23)21-12)22-19(24)17-8-7-16(25-17)14-4-2-3-5-15(14)20/h2-5,7-8,10,13H,6,9,11H2,1H3,(H,22,24)/t13-/m1/s1. The second kappa shape index (κ2) is 6.20. The number of nitrogens with one attached hydrogen (secondary N) is 1. The number of rotatable bonds is 3. The lowest BCUT2D eigenvalue weighted by molar-refractivity contribution is 0.0900. The van der Waals surface area contributed by atoms with E-state index in [0.717, 1.165) is 24.4 Å². The van der Waals surface area contributed by atoms with Crippen molar-refractivity contribution in [3.8, 4) is 11.3 Å². The maximum Gasteiger partial charge on any atom is 0.287 e. The van der Waals surface area contributed by atoms with E-state index in [1.165, 1.54) is 6.07 Å². The summed E-state index contributed by atoms with van der Waals surface area (Å²) >= 11 is 0. The van der Waals surface area contributed by atoms with Crippen molar-refractivity contribution >= 4 is 5.91 Å². The van der Waals surface area contributed by atoms with E-state index in [0.29, 0.717) is 17.9 Å². The smallest absolute Gasteiger partial charge is 0.287 e. The van der Waals surface area contributed by atoms with Gasteiger partial charge in [0.2, 0.25) is 0 Å². The van der Waals surface area contributed by atoms with Crippen molar-refractivity contribution in [3.05, 3.63) is 65.7 Å². The molecule has 4 rings (SSSR count). The van der Waals surface area contributed by atoms with Crippen LogP contribution in [0, 0.1) is 12.7 Å². The van der Waals surface area contributed by atoms with Crippen molar-refractivity contribution in [3.63, 3.8) is 0 Å². The minimum absolute atomic E-state index is 0.0237. The van der Waals surface area contributed by atoms with Gasteiger partial charge in [0.1, 0.15) is 17.4 Å². The summed E-state index contributed by atoms with van der Waals surface area (Å²) in [4.78, 5) is 16.9. The lowest BCUT2D eigenvalue weighted by atomic mass is 10.1. The van der Waals surface area contributed by atoms with E-state index < -0.39 is 0 Å². The largest absolute Gasteiger partial charge is 0.451 e. The molecule has 1 aliphatic rings. The van der Waals surface area contributed by atoms with Crippen LogP contribution in [0.25, 0.3) is 11.3 Å². The molecule has 0 saturated heterocycles. The molecule has 0 aliphatic carbocycles. The number of fused-ring (bicyclic) bond motifs is 1. The van der Waals surface area contributed by atoms with Gasteiger partial charge >= 0.3 is 0 Å². The number of halogens is 1. The molecule has 0 saturated carbocycles. The van der Waals surface area contributed by atoms with Crippen LogP contribution in [0.2, 0.25) is 0 Å². The fourth-order valence-corrected chi connectivity index (χ4v) is 3.23. The molecule has 1 atom stereocenters. The Kier molecular flexibility index (Phi) is 3.87. The van der Waals surface area contributed by atoms with Crippen LogP contribution in [0.5, 0.6) is 0 Å². The SMILES string of the molecule is Cc1cn2c(n1)CC[C@@H](NC(=O)c1ccc(-c3ccccc3F)o1)C2. The summed E-state index contributed by atoms with van der Waals surface area (Å²) in [5.74, 6) is 0.931. The van der Waals surface area contributed by atoms with E-state index >= 15 is 0 Å². The molecule has 0 unspecified atom stereocenters. The van der Waals surface area contributed by atoms with Gasteiger partial charge < -0.3 is 14.3 Å². The van der Waals surface area contributed by atoms with Crippen LogP contribution in [-0.4, -0.2) is 21.5 Å². The molecule has 1 aromatic carbocycles. The number of carbonyl (C=O) groups excluding carboxylic acids is 1. The van der Waals surface area contributed by atoms with Gasteiger partial charge in [-0.25, -0.2) is 9.37 Å². The van der Waals surface area contributed by atoms with Crippen LogP contribution in [0.1, 0.15) is 28.5 Å². The highest BCUT2D eigenvalue weighted by atomic mass is 19.1. The van der Waals surface area contributed by atoms with E-state index in [1.807, 2.05) is 13.1 Å². The molecule has 6 heteroatoms. The topological polar surface area (TPSA) is 60.1 Å². The first kappa shape index (κ1) is 15.6. The molecule has 0 fully saturated rings. The Morgan fingerprint density at radius 3 is 3.00 bits per heavy atom. The summed E-state index contributed by atoms with van der Waals surface area (Å²) < 4.78 is 21.5. The quantitative estimate of drug-likeness (QED) is 0.796. The van der Waals surface area contributed by atoms with Gasteiger partial charge in [-0.3, -0.25) is 4.79 Å².